The number of aliphatic hydroxyl groups is 3. The second-order valence-corrected chi connectivity index (χ2v) is 9.31. The van der Waals surface area contributed by atoms with Gasteiger partial charge in [0.2, 0.25) is 6.29 Å². The maximum atomic E-state index is 11.3. The molecule has 12 heteroatoms. The molecule has 1 aliphatic carbocycles. The van der Waals surface area contributed by atoms with Gasteiger partial charge in [-0.05, 0) is 39.4 Å². The number of nitrogens with one attached hydrogen (secondary N) is 2. The quantitative estimate of drug-likeness (QED) is 0.175. The highest BCUT2D eigenvalue weighted by Gasteiger charge is 2.51. The van der Waals surface area contributed by atoms with E-state index in [4.69, 9.17) is 36.1 Å². The van der Waals surface area contributed by atoms with Crippen molar-refractivity contribution in [2.24, 2.45) is 17.2 Å². The van der Waals surface area contributed by atoms with E-state index < -0.39 is 60.7 Å². The molecule has 1 saturated heterocycles. The van der Waals surface area contributed by atoms with Crippen LogP contribution in [0.15, 0.2) is 11.8 Å². The Hall–Kier alpha value is -0.900. The molecule has 0 unspecified atom stereocenters. The van der Waals surface area contributed by atoms with Crippen LogP contribution in [0.2, 0.25) is 0 Å². The van der Waals surface area contributed by atoms with Crippen LogP contribution in [-0.2, 0) is 18.9 Å². The van der Waals surface area contributed by atoms with Crippen LogP contribution in [-0.4, -0.2) is 109 Å². The lowest BCUT2D eigenvalue weighted by molar-refractivity contribution is -0.304. The fourth-order valence-electron chi connectivity index (χ4n) is 4.86. The van der Waals surface area contributed by atoms with Gasteiger partial charge >= 0.3 is 0 Å². The molecule has 2 heterocycles. The summed E-state index contributed by atoms with van der Waals surface area (Å²) in [4.78, 5) is 0. The molecule has 0 aromatic heterocycles. The van der Waals surface area contributed by atoms with Gasteiger partial charge in [-0.1, -0.05) is 6.92 Å². The zero-order valence-electron chi connectivity index (χ0n) is 19.6. The van der Waals surface area contributed by atoms with Gasteiger partial charge in [0.1, 0.15) is 35.8 Å². The van der Waals surface area contributed by atoms with Crippen molar-refractivity contribution >= 4 is 0 Å². The summed E-state index contributed by atoms with van der Waals surface area (Å²) in [5.74, 6) is 0.572. The largest absolute Gasteiger partial charge is 0.467 e. The Balaban J connectivity index is 1.75. The van der Waals surface area contributed by atoms with E-state index in [1.807, 2.05) is 13.0 Å². The van der Waals surface area contributed by atoms with Gasteiger partial charge in [-0.15, -0.1) is 0 Å². The maximum absolute atomic E-state index is 11.3. The number of rotatable bonds is 8. The summed E-state index contributed by atoms with van der Waals surface area (Å²) in [7, 11) is 1.64. The van der Waals surface area contributed by atoms with Crippen LogP contribution in [0.1, 0.15) is 26.7 Å². The van der Waals surface area contributed by atoms with Crippen LogP contribution in [0.5, 0.6) is 0 Å². The lowest BCUT2D eigenvalue weighted by Gasteiger charge is -2.49. The van der Waals surface area contributed by atoms with Gasteiger partial charge < -0.3 is 62.1 Å². The third-order valence-corrected chi connectivity index (χ3v) is 6.64. The third kappa shape index (κ3) is 5.85. The standard InChI is InChI=1S/C21H41N5O7/c1-4-26-13-7-12(24)16(32-19-11(23)6-5-10(8-22)31-19)14(27)17(13)33-20-15(28)18(25-3)21(2,29)9-30-20/h5,11-20,25-29H,4,6-9,22-24H2,1-3H3/t11-,12+,13-,14+,15-,16+,17+,18-,19-,20+,21+/m1/s1. The first-order valence-corrected chi connectivity index (χ1v) is 11.6. The van der Waals surface area contributed by atoms with Crippen molar-refractivity contribution in [3.05, 3.63) is 11.8 Å². The Morgan fingerprint density at radius 3 is 2.48 bits per heavy atom. The number of likely N-dealkylation sites (N-methyl/N-ethyl adjacent to an activating group) is 2. The summed E-state index contributed by atoms with van der Waals surface area (Å²) in [5, 5.41) is 38.8. The van der Waals surface area contributed by atoms with Crippen molar-refractivity contribution < 1.29 is 34.3 Å². The van der Waals surface area contributed by atoms with Crippen molar-refractivity contribution in [3.8, 4) is 0 Å². The van der Waals surface area contributed by atoms with Gasteiger partial charge in [0.15, 0.2) is 6.29 Å². The molecule has 33 heavy (non-hydrogen) atoms. The molecule has 0 aromatic carbocycles. The molecule has 12 nitrogen and oxygen atoms in total. The molecule has 3 aliphatic rings. The molecule has 0 amide bonds. The van der Waals surface area contributed by atoms with Gasteiger partial charge in [-0.25, -0.2) is 0 Å². The van der Waals surface area contributed by atoms with Gasteiger partial charge in [0, 0.05) is 12.1 Å². The van der Waals surface area contributed by atoms with Crippen LogP contribution in [0.4, 0.5) is 0 Å². The molecule has 3 rings (SSSR count). The van der Waals surface area contributed by atoms with E-state index in [1.165, 1.54) is 0 Å². The highest BCUT2D eigenvalue weighted by atomic mass is 16.7. The predicted molar refractivity (Wildman–Crippen MR) is 120 cm³/mol. The number of nitrogens with two attached hydrogens (primary N) is 3. The molecule has 0 radical (unpaired) electrons. The van der Waals surface area contributed by atoms with Crippen LogP contribution in [0.3, 0.4) is 0 Å². The summed E-state index contributed by atoms with van der Waals surface area (Å²) >= 11 is 0. The molecule has 11 N–H and O–H groups in total. The van der Waals surface area contributed by atoms with Crippen LogP contribution in [0.25, 0.3) is 0 Å². The SMILES string of the molecule is CCN[C@@H]1C[C@H](N)[C@H](O[C@H]2OC(CN)=CC[C@H]2N)[C@H](O)[C@H]1O[C@@H]1OC[C@](C)(O)[C@H](NC)[C@H]1O. The Morgan fingerprint density at radius 2 is 1.85 bits per heavy atom. The van der Waals surface area contributed by atoms with E-state index in [1.54, 1.807) is 14.0 Å². The van der Waals surface area contributed by atoms with Crippen molar-refractivity contribution in [1.29, 1.82) is 0 Å². The van der Waals surface area contributed by atoms with Crippen LogP contribution >= 0.6 is 0 Å². The lowest BCUT2D eigenvalue weighted by Crippen LogP contribution is -2.69. The highest BCUT2D eigenvalue weighted by molar-refractivity contribution is 5.05. The minimum atomic E-state index is -1.28. The minimum absolute atomic E-state index is 0.0483. The van der Waals surface area contributed by atoms with Crippen molar-refractivity contribution in [2.75, 3.05) is 26.7 Å². The number of ether oxygens (including phenoxy) is 4. The van der Waals surface area contributed by atoms with E-state index in [9.17, 15) is 15.3 Å². The van der Waals surface area contributed by atoms with E-state index in [0.717, 1.165) is 0 Å². The van der Waals surface area contributed by atoms with Crippen molar-refractivity contribution in [2.45, 2.75) is 93.5 Å². The Labute approximate surface area is 194 Å². The van der Waals surface area contributed by atoms with E-state index in [0.29, 0.717) is 25.1 Å². The predicted octanol–water partition coefficient (Wildman–Crippen LogP) is -3.20. The zero-order chi connectivity index (χ0) is 24.3. The van der Waals surface area contributed by atoms with Crippen LogP contribution in [0, 0.1) is 0 Å². The second kappa shape index (κ2) is 11.2. The topological polar surface area (TPSA) is 200 Å². The molecule has 11 atom stereocenters. The van der Waals surface area contributed by atoms with Crippen molar-refractivity contribution in [1.82, 2.24) is 10.6 Å². The van der Waals surface area contributed by atoms with Crippen LogP contribution < -0.4 is 27.8 Å². The van der Waals surface area contributed by atoms with Gasteiger partial charge in [0.05, 0.1) is 25.2 Å². The van der Waals surface area contributed by atoms with Gasteiger partial charge in [-0.2, -0.15) is 0 Å². The summed E-state index contributed by atoms with van der Waals surface area (Å²) in [6.45, 7) is 4.30. The Bertz CT molecular complexity index is 669. The maximum Gasteiger partial charge on any atom is 0.215 e. The molecule has 0 bridgehead atoms. The number of hydrogen-bond acceptors (Lipinski definition) is 12. The van der Waals surface area contributed by atoms with Gasteiger partial charge in [0.25, 0.3) is 0 Å². The number of hydrogen-bond donors (Lipinski definition) is 8. The molecule has 1 saturated carbocycles. The zero-order valence-corrected chi connectivity index (χ0v) is 19.6. The molecule has 0 aromatic rings. The third-order valence-electron chi connectivity index (χ3n) is 6.64. The average molecular weight is 476 g/mol. The monoisotopic (exact) mass is 475 g/mol. The molecule has 192 valence electrons. The summed E-state index contributed by atoms with van der Waals surface area (Å²) in [5.41, 5.74) is 16.9. The summed E-state index contributed by atoms with van der Waals surface area (Å²) in [6, 6.07) is -1.95. The molecule has 2 fully saturated rings. The average Bonchev–Trinajstić information content (AvgIpc) is 2.76. The van der Waals surface area contributed by atoms with E-state index in [2.05, 4.69) is 10.6 Å². The minimum Gasteiger partial charge on any atom is -0.467 e. The summed E-state index contributed by atoms with van der Waals surface area (Å²) in [6.07, 6.45) is -3.05. The van der Waals surface area contributed by atoms with Crippen molar-refractivity contribution in [3.63, 3.8) is 0 Å². The molecular formula is C21H41N5O7. The lowest BCUT2D eigenvalue weighted by atomic mass is 9.83. The van der Waals surface area contributed by atoms with Gasteiger partial charge in [-0.3, -0.25) is 0 Å². The first-order valence-electron chi connectivity index (χ1n) is 11.6. The number of aliphatic hydroxyl groups excluding tert-OH is 2. The first-order chi connectivity index (χ1) is 15.6. The Morgan fingerprint density at radius 1 is 1.15 bits per heavy atom. The highest BCUT2D eigenvalue weighted by Crippen LogP contribution is 2.31. The molecular weight excluding hydrogens is 434 g/mol. The summed E-state index contributed by atoms with van der Waals surface area (Å²) < 4.78 is 23.6. The molecule has 0 spiro atoms. The van der Waals surface area contributed by atoms with E-state index >= 15 is 0 Å². The second-order valence-electron chi connectivity index (χ2n) is 9.31. The fourth-order valence-corrected chi connectivity index (χ4v) is 4.86. The first kappa shape index (κ1) is 26.7. The smallest absolute Gasteiger partial charge is 0.215 e. The van der Waals surface area contributed by atoms with E-state index in [-0.39, 0.29) is 19.2 Å². The molecule has 2 aliphatic heterocycles. The fraction of sp³-hybridized carbons (Fsp3) is 0.905. The normalized spacial score (nSPS) is 46.5. The Kier molecular flexibility index (Phi) is 9.08.